The number of methoxy groups -OCH3 is 1. The van der Waals surface area contributed by atoms with E-state index in [0.717, 1.165) is 24.4 Å². The van der Waals surface area contributed by atoms with Crippen LogP contribution in [0.4, 0.5) is 5.13 Å². The average Bonchev–Trinajstić information content (AvgIpc) is 2.95. The van der Waals surface area contributed by atoms with Crippen molar-refractivity contribution in [1.29, 1.82) is 0 Å². The molecule has 1 saturated heterocycles. The second-order valence-corrected chi connectivity index (χ2v) is 5.41. The fraction of sp³-hybridized carbons (Fsp3) is 0.667. The van der Waals surface area contributed by atoms with Crippen LogP contribution in [0.1, 0.15) is 28.7 Å². The summed E-state index contributed by atoms with van der Waals surface area (Å²) in [6.07, 6.45) is 2.04. The molecule has 2 atom stereocenters. The molecule has 1 aromatic rings. The van der Waals surface area contributed by atoms with Gasteiger partial charge in [0, 0.05) is 20.8 Å². The number of hydrogen-bond donors (Lipinski definition) is 0. The van der Waals surface area contributed by atoms with Crippen molar-refractivity contribution in [2.24, 2.45) is 0 Å². The fourth-order valence-corrected chi connectivity index (χ4v) is 3.11. The normalized spacial score (nSPS) is 23.3. The number of aromatic nitrogens is 1. The third-order valence-corrected chi connectivity index (χ3v) is 4.35. The predicted octanol–water partition coefficient (Wildman–Crippen LogP) is 1.72. The molecule has 0 spiro atoms. The van der Waals surface area contributed by atoms with Crippen LogP contribution in [0, 0.1) is 0 Å². The summed E-state index contributed by atoms with van der Waals surface area (Å²) in [5.41, 5.74) is 0.714. The zero-order valence-corrected chi connectivity index (χ0v) is 11.7. The molecule has 2 rings (SSSR count). The van der Waals surface area contributed by atoms with E-state index in [4.69, 9.17) is 9.47 Å². The number of rotatable bonds is 5. The monoisotopic (exact) mass is 270 g/mol. The van der Waals surface area contributed by atoms with Crippen LogP contribution >= 0.6 is 11.3 Å². The minimum absolute atomic E-state index is 0.199. The molecule has 1 aromatic heterocycles. The number of carbonyl (C=O) groups excluding carboxylic acids is 1. The summed E-state index contributed by atoms with van der Waals surface area (Å²) in [5, 5.41) is 0.853. The van der Waals surface area contributed by atoms with E-state index in [1.54, 1.807) is 7.11 Å². The summed E-state index contributed by atoms with van der Waals surface area (Å²) in [4.78, 5) is 18.2. The summed E-state index contributed by atoms with van der Waals surface area (Å²) in [7, 11) is 3.60. The maximum absolute atomic E-state index is 11.0. The van der Waals surface area contributed by atoms with Crippen molar-refractivity contribution in [3.05, 3.63) is 10.6 Å². The average molecular weight is 270 g/mol. The largest absolute Gasteiger partial charge is 0.378 e. The van der Waals surface area contributed by atoms with Gasteiger partial charge in [0.1, 0.15) is 0 Å². The second kappa shape index (κ2) is 5.77. The Labute approximate surface area is 111 Å². The van der Waals surface area contributed by atoms with Gasteiger partial charge in [0.15, 0.2) is 11.4 Å². The van der Waals surface area contributed by atoms with Gasteiger partial charge in [-0.2, -0.15) is 0 Å². The molecule has 2 heterocycles. The Morgan fingerprint density at radius 1 is 1.67 bits per heavy atom. The van der Waals surface area contributed by atoms with Crippen molar-refractivity contribution in [3.8, 4) is 0 Å². The van der Waals surface area contributed by atoms with Gasteiger partial charge in [-0.3, -0.25) is 4.79 Å². The SMILES string of the molecule is COCc1nc(N(C)C2CCOC2C)sc1C=O. The number of thiazole rings is 1. The molecule has 2 unspecified atom stereocenters. The highest BCUT2D eigenvalue weighted by atomic mass is 32.1. The van der Waals surface area contributed by atoms with E-state index in [2.05, 4.69) is 16.8 Å². The van der Waals surface area contributed by atoms with Crippen LogP contribution < -0.4 is 4.90 Å². The third kappa shape index (κ3) is 2.55. The standard InChI is InChI=1S/C12H18N2O3S/c1-8-10(4-5-17-8)14(2)12-13-9(7-16-3)11(6-15)18-12/h6,8,10H,4-5,7H2,1-3H3. The van der Waals surface area contributed by atoms with E-state index < -0.39 is 0 Å². The highest BCUT2D eigenvalue weighted by Gasteiger charge is 2.30. The van der Waals surface area contributed by atoms with Crippen LogP contribution in [0.3, 0.4) is 0 Å². The lowest BCUT2D eigenvalue weighted by atomic mass is 10.1. The van der Waals surface area contributed by atoms with Crippen molar-refractivity contribution in [2.45, 2.75) is 32.1 Å². The maximum Gasteiger partial charge on any atom is 0.186 e. The van der Waals surface area contributed by atoms with Gasteiger partial charge in [0.2, 0.25) is 0 Å². The van der Waals surface area contributed by atoms with Gasteiger partial charge in [-0.15, -0.1) is 0 Å². The van der Waals surface area contributed by atoms with Crippen LogP contribution in [0.15, 0.2) is 0 Å². The van der Waals surface area contributed by atoms with E-state index in [9.17, 15) is 4.79 Å². The van der Waals surface area contributed by atoms with Crippen LogP contribution in [-0.2, 0) is 16.1 Å². The van der Waals surface area contributed by atoms with Crippen molar-refractivity contribution in [3.63, 3.8) is 0 Å². The molecule has 0 N–H and O–H groups in total. The predicted molar refractivity (Wildman–Crippen MR) is 70.4 cm³/mol. The zero-order chi connectivity index (χ0) is 13.1. The van der Waals surface area contributed by atoms with Crippen molar-refractivity contribution < 1.29 is 14.3 Å². The van der Waals surface area contributed by atoms with Crippen molar-refractivity contribution in [2.75, 3.05) is 25.7 Å². The number of anilines is 1. The Balaban J connectivity index is 2.19. The first-order valence-corrected chi connectivity index (χ1v) is 6.77. The molecule has 0 bridgehead atoms. The number of hydrogen-bond acceptors (Lipinski definition) is 6. The van der Waals surface area contributed by atoms with Gasteiger partial charge in [-0.05, 0) is 13.3 Å². The van der Waals surface area contributed by atoms with Crippen LogP contribution in [0.25, 0.3) is 0 Å². The summed E-state index contributed by atoms with van der Waals surface area (Å²) >= 11 is 1.41. The Hall–Kier alpha value is -0.980. The summed E-state index contributed by atoms with van der Waals surface area (Å²) in [5.74, 6) is 0. The summed E-state index contributed by atoms with van der Waals surface area (Å²) in [6.45, 7) is 3.22. The molecule has 1 fully saturated rings. The van der Waals surface area contributed by atoms with Crippen molar-refractivity contribution >= 4 is 22.8 Å². The number of likely N-dealkylation sites (N-methyl/N-ethyl adjacent to an activating group) is 1. The maximum atomic E-state index is 11.0. The minimum atomic E-state index is 0.199. The smallest absolute Gasteiger partial charge is 0.186 e. The molecule has 0 saturated carbocycles. The van der Waals surface area contributed by atoms with Crippen LogP contribution in [0.5, 0.6) is 0 Å². The molecule has 1 aliphatic heterocycles. The molecule has 1 aliphatic rings. The minimum Gasteiger partial charge on any atom is -0.378 e. The number of ether oxygens (including phenoxy) is 2. The Morgan fingerprint density at radius 2 is 2.44 bits per heavy atom. The fourth-order valence-electron chi connectivity index (χ4n) is 2.20. The van der Waals surface area contributed by atoms with Gasteiger partial charge in [-0.25, -0.2) is 4.98 Å². The molecule has 0 amide bonds. The second-order valence-electron chi connectivity index (χ2n) is 4.40. The molecular formula is C12H18N2O3S. The van der Waals surface area contributed by atoms with E-state index in [1.165, 1.54) is 11.3 Å². The van der Waals surface area contributed by atoms with Gasteiger partial charge in [0.05, 0.1) is 29.3 Å². The highest BCUT2D eigenvalue weighted by molar-refractivity contribution is 7.17. The lowest BCUT2D eigenvalue weighted by molar-refractivity contribution is 0.112. The molecule has 5 nitrogen and oxygen atoms in total. The Morgan fingerprint density at radius 3 is 3.00 bits per heavy atom. The Kier molecular flexibility index (Phi) is 4.31. The molecule has 0 radical (unpaired) electrons. The third-order valence-electron chi connectivity index (χ3n) is 3.24. The molecule has 0 aromatic carbocycles. The number of aldehydes is 1. The van der Waals surface area contributed by atoms with E-state index in [-0.39, 0.29) is 6.10 Å². The number of nitrogens with zero attached hydrogens (tertiary/aromatic N) is 2. The zero-order valence-electron chi connectivity index (χ0n) is 10.9. The van der Waals surface area contributed by atoms with Gasteiger partial charge in [-0.1, -0.05) is 11.3 Å². The lowest BCUT2D eigenvalue weighted by Crippen LogP contribution is -2.36. The van der Waals surface area contributed by atoms with E-state index in [0.29, 0.717) is 23.2 Å². The van der Waals surface area contributed by atoms with E-state index >= 15 is 0 Å². The van der Waals surface area contributed by atoms with Crippen molar-refractivity contribution in [1.82, 2.24) is 4.98 Å². The first-order chi connectivity index (χ1) is 8.67. The first kappa shape index (κ1) is 13.5. The van der Waals surface area contributed by atoms with E-state index in [1.807, 2.05) is 7.05 Å². The van der Waals surface area contributed by atoms with Crippen LogP contribution in [0.2, 0.25) is 0 Å². The molecule has 100 valence electrons. The molecular weight excluding hydrogens is 252 g/mol. The van der Waals surface area contributed by atoms with Gasteiger partial charge >= 0.3 is 0 Å². The molecule has 0 aliphatic carbocycles. The van der Waals surface area contributed by atoms with Crippen LogP contribution in [-0.4, -0.2) is 44.2 Å². The van der Waals surface area contributed by atoms with Gasteiger partial charge in [0.25, 0.3) is 0 Å². The molecule has 18 heavy (non-hydrogen) atoms. The number of carbonyl (C=O) groups is 1. The summed E-state index contributed by atoms with van der Waals surface area (Å²) in [6, 6.07) is 0.325. The first-order valence-electron chi connectivity index (χ1n) is 5.95. The highest BCUT2D eigenvalue weighted by Crippen LogP contribution is 2.29. The lowest BCUT2D eigenvalue weighted by Gasteiger charge is -2.26. The molecule has 6 heteroatoms. The topological polar surface area (TPSA) is 51.7 Å². The summed E-state index contributed by atoms with van der Waals surface area (Å²) < 4.78 is 10.6. The quantitative estimate of drug-likeness (QED) is 0.762. The van der Waals surface area contributed by atoms with Gasteiger partial charge < -0.3 is 14.4 Å². The Bertz CT molecular complexity index is 421.